The maximum Gasteiger partial charge on any atom is 0.274 e. The highest BCUT2D eigenvalue weighted by Gasteiger charge is 2.33. The Morgan fingerprint density at radius 1 is 1.15 bits per heavy atom. The Morgan fingerprint density at radius 3 is 2.50 bits per heavy atom. The largest absolute Gasteiger partial charge is 0.341 e. The third-order valence-corrected chi connectivity index (χ3v) is 7.14. The zero-order valence-corrected chi connectivity index (χ0v) is 20.5. The third kappa shape index (κ3) is 5.21. The van der Waals surface area contributed by atoms with Crippen molar-refractivity contribution in [2.45, 2.75) is 45.7 Å². The van der Waals surface area contributed by atoms with Crippen LogP contribution < -0.4 is 0 Å². The summed E-state index contributed by atoms with van der Waals surface area (Å²) >= 11 is 0. The highest BCUT2D eigenvalue weighted by molar-refractivity contribution is 5.92. The van der Waals surface area contributed by atoms with E-state index < -0.39 is 0 Å². The summed E-state index contributed by atoms with van der Waals surface area (Å²) in [7, 11) is 3.76. The molecule has 2 aromatic heterocycles. The number of aryl methyl sites for hydroxylation is 3. The van der Waals surface area contributed by atoms with E-state index in [2.05, 4.69) is 35.3 Å². The summed E-state index contributed by atoms with van der Waals surface area (Å²) in [6.07, 6.45) is 6.01. The smallest absolute Gasteiger partial charge is 0.274 e. The molecular formula is C26H34N6O2. The van der Waals surface area contributed by atoms with Gasteiger partial charge >= 0.3 is 0 Å². The second kappa shape index (κ2) is 10.2. The van der Waals surface area contributed by atoms with Crippen LogP contribution in [0.2, 0.25) is 0 Å². The molecular weight excluding hydrogens is 428 g/mol. The fourth-order valence-corrected chi connectivity index (χ4v) is 4.83. The lowest BCUT2D eigenvalue weighted by molar-refractivity contribution is -0.134. The molecule has 0 N–H and O–H groups in total. The molecule has 180 valence electrons. The summed E-state index contributed by atoms with van der Waals surface area (Å²) in [6, 6.07) is 12.1. The van der Waals surface area contributed by atoms with Gasteiger partial charge in [-0.1, -0.05) is 24.3 Å². The van der Waals surface area contributed by atoms with Gasteiger partial charge in [-0.15, -0.1) is 0 Å². The first kappa shape index (κ1) is 23.7. The molecule has 1 aliphatic heterocycles. The Balaban J connectivity index is 1.48. The fourth-order valence-electron chi connectivity index (χ4n) is 4.83. The Bertz CT molecular complexity index is 1110. The lowest BCUT2D eigenvalue weighted by atomic mass is 9.84. The van der Waals surface area contributed by atoms with Crippen LogP contribution >= 0.6 is 0 Å². The van der Waals surface area contributed by atoms with E-state index in [1.54, 1.807) is 15.6 Å². The Kier molecular flexibility index (Phi) is 7.14. The van der Waals surface area contributed by atoms with Gasteiger partial charge in [-0.2, -0.15) is 10.2 Å². The molecule has 8 nitrogen and oxygen atoms in total. The second-order valence-electron chi connectivity index (χ2n) is 9.33. The van der Waals surface area contributed by atoms with Crippen LogP contribution in [0.3, 0.4) is 0 Å². The van der Waals surface area contributed by atoms with Crippen molar-refractivity contribution in [3.05, 3.63) is 71.3 Å². The van der Waals surface area contributed by atoms with Gasteiger partial charge in [0.15, 0.2) is 5.69 Å². The summed E-state index contributed by atoms with van der Waals surface area (Å²) in [5.41, 5.74) is 3.96. The van der Waals surface area contributed by atoms with Crippen molar-refractivity contribution in [1.29, 1.82) is 0 Å². The molecule has 0 radical (unpaired) electrons. The Hall–Kier alpha value is -3.42. The average Bonchev–Trinajstić information content (AvgIpc) is 3.47. The van der Waals surface area contributed by atoms with Crippen LogP contribution in [0.5, 0.6) is 0 Å². The third-order valence-electron chi connectivity index (χ3n) is 7.14. The van der Waals surface area contributed by atoms with E-state index in [4.69, 9.17) is 0 Å². The van der Waals surface area contributed by atoms with Crippen LogP contribution in [-0.4, -0.2) is 67.4 Å². The van der Waals surface area contributed by atoms with Crippen LogP contribution in [0, 0.1) is 19.8 Å². The number of hydrogen-bond acceptors (Lipinski definition) is 4. The van der Waals surface area contributed by atoms with Crippen LogP contribution in [0.4, 0.5) is 0 Å². The zero-order valence-electron chi connectivity index (χ0n) is 20.5. The molecule has 4 rings (SSSR count). The van der Waals surface area contributed by atoms with E-state index in [1.165, 1.54) is 11.1 Å². The van der Waals surface area contributed by atoms with E-state index in [0.717, 1.165) is 25.0 Å². The van der Waals surface area contributed by atoms with Gasteiger partial charge in [0.25, 0.3) is 5.91 Å². The predicted molar refractivity (Wildman–Crippen MR) is 130 cm³/mol. The first-order valence-electron chi connectivity index (χ1n) is 11.9. The molecule has 0 spiro atoms. The van der Waals surface area contributed by atoms with Gasteiger partial charge in [0.2, 0.25) is 5.91 Å². The van der Waals surface area contributed by atoms with Crippen molar-refractivity contribution in [1.82, 2.24) is 29.4 Å². The molecule has 8 heteroatoms. The maximum atomic E-state index is 13.2. The number of nitrogens with zero attached hydrogens (tertiary/aromatic N) is 6. The van der Waals surface area contributed by atoms with Gasteiger partial charge < -0.3 is 9.80 Å². The quantitative estimate of drug-likeness (QED) is 0.541. The standard InChI is InChI=1S/C26H34N6O2/c1-19-8-5-6-9-22(19)17-24(29(3)25(33)18-32-13-7-12-27-32)21-10-14-31(15-11-21)26(34)23-16-20(2)30(4)28-23/h5-9,12-13,16,21,24H,10-11,14-15,17-18H2,1-4H3/t24-/m1/s1. The molecule has 0 unspecified atom stereocenters. The topological polar surface area (TPSA) is 76.3 Å². The number of aromatic nitrogens is 4. The van der Waals surface area contributed by atoms with Crippen molar-refractivity contribution in [3.8, 4) is 0 Å². The van der Waals surface area contributed by atoms with Crippen molar-refractivity contribution < 1.29 is 9.59 Å². The van der Waals surface area contributed by atoms with Gasteiger partial charge in [-0.3, -0.25) is 19.0 Å². The number of benzene rings is 1. The molecule has 3 heterocycles. The van der Waals surface area contributed by atoms with E-state index in [0.29, 0.717) is 24.7 Å². The minimum atomic E-state index is -0.0132. The number of likely N-dealkylation sites (tertiary alicyclic amines) is 1. The van der Waals surface area contributed by atoms with E-state index >= 15 is 0 Å². The SMILES string of the molecule is Cc1ccccc1C[C@H](C1CCN(C(=O)c2cc(C)n(C)n2)CC1)N(C)C(=O)Cn1cccn1. The summed E-state index contributed by atoms with van der Waals surface area (Å²) in [4.78, 5) is 29.9. The van der Waals surface area contributed by atoms with Gasteiger partial charge in [-0.05, 0) is 62.3 Å². The number of carbonyl (C=O) groups excluding carboxylic acids is 2. The predicted octanol–water partition coefficient (Wildman–Crippen LogP) is 2.86. The lowest BCUT2D eigenvalue weighted by Crippen LogP contribution is -2.49. The Labute approximate surface area is 201 Å². The molecule has 34 heavy (non-hydrogen) atoms. The Morgan fingerprint density at radius 2 is 1.88 bits per heavy atom. The number of amides is 2. The van der Waals surface area contributed by atoms with Crippen molar-refractivity contribution in [2.24, 2.45) is 13.0 Å². The molecule has 2 amide bonds. The number of likely N-dealkylation sites (N-methyl/N-ethyl adjacent to an activating group) is 1. The van der Waals surface area contributed by atoms with Gasteiger partial charge in [-0.25, -0.2) is 0 Å². The monoisotopic (exact) mass is 462 g/mol. The first-order valence-corrected chi connectivity index (χ1v) is 11.9. The van der Waals surface area contributed by atoms with Gasteiger partial charge in [0.05, 0.1) is 0 Å². The summed E-state index contributed by atoms with van der Waals surface area (Å²) < 4.78 is 3.40. The van der Waals surface area contributed by atoms with E-state index in [9.17, 15) is 9.59 Å². The van der Waals surface area contributed by atoms with Crippen molar-refractivity contribution in [3.63, 3.8) is 0 Å². The number of piperidine rings is 1. The van der Waals surface area contributed by atoms with Gasteiger partial charge in [0.1, 0.15) is 6.54 Å². The highest BCUT2D eigenvalue weighted by Crippen LogP contribution is 2.28. The zero-order chi connectivity index (χ0) is 24.2. The average molecular weight is 463 g/mol. The van der Waals surface area contributed by atoms with Crippen LogP contribution in [0.15, 0.2) is 48.8 Å². The molecule has 0 aliphatic carbocycles. The normalized spacial score (nSPS) is 15.4. The molecule has 0 saturated carbocycles. The molecule has 1 aliphatic rings. The molecule has 1 atom stereocenters. The minimum absolute atomic E-state index is 0.0132. The molecule has 1 aromatic carbocycles. The lowest BCUT2D eigenvalue weighted by Gasteiger charge is -2.40. The minimum Gasteiger partial charge on any atom is -0.341 e. The highest BCUT2D eigenvalue weighted by atomic mass is 16.2. The maximum absolute atomic E-state index is 13.2. The van der Waals surface area contributed by atoms with E-state index in [-0.39, 0.29) is 24.4 Å². The number of rotatable bonds is 7. The molecule has 3 aromatic rings. The molecule has 0 bridgehead atoms. The van der Waals surface area contributed by atoms with Crippen LogP contribution in [-0.2, 0) is 24.8 Å². The number of hydrogen-bond donors (Lipinski definition) is 0. The molecule has 1 saturated heterocycles. The summed E-state index contributed by atoms with van der Waals surface area (Å²) in [5.74, 6) is 0.339. The number of carbonyl (C=O) groups is 2. The van der Waals surface area contributed by atoms with Crippen LogP contribution in [0.1, 0.15) is 40.2 Å². The molecule has 1 fully saturated rings. The second-order valence-corrected chi connectivity index (χ2v) is 9.33. The van der Waals surface area contributed by atoms with Crippen LogP contribution in [0.25, 0.3) is 0 Å². The van der Waals surface area contributed by atoms with Crippen molar-refractivity contribution >= 4 is 11.8 Å². The summed E-state index contributed by atoms with van der Waals surface area (Å²) in [6.45, 7) is 5.63. The van der Waals surface area contributed by atoms with E-state index in [1.807, 2.05) is 55.2 Å². The van der Waals surface area contributed by atoms with Gasteiger partial charge in [0, 0.05) is 51.3 Å². The fraction of sp³-hybridized carbons (Fsp3) is 0.462. The summed E-state index contributed by atoms with van der Waals surface area (Å²) in [5, 5.41) is 8.55. The van der Waals surface area contributed by atoms with Crippen molar-refractivity contribution in [2.75, 3.05) is 20.1 Å². The first-order chi connectivity index (χ1) is 16.3.